The van der Waals surface area contributed by atoms with Crippen LogP contribution in [-0.4, -0.2) is 34.6 Å². The first-order chi connectivity index (χ1) is 9.26. The Labute approximate surface area is 122 Å². The smallest absolute Gasteiger partial charge is 0.360 e. The summed E-state index contributed by atoms with van der Waals surface area (Å²) >= 11 is 3.48. The molecule has 0 aromatic carbocycles. The third-order valence-electron chi connectivity index (χ3n) is 3.19. The lowest BCUT2D eigenvalue weighted by Crippen LogP contribution is -2.26. The number of carbonyl (C=O) groups is 1. The predicted molar refractivity (Wildman–Crippen MR) is 81.3 cm³/mol. The van der Waals surface area contributed by atoms with Crippen LogP contribution in [0.25, 0.3) is 0 Å². The van der Waals surface area contributed by atoms with Gasteiger partial charge in [-0.05, 0) is 25.5 Å². The second-order valence-corrected chi connectivity index (χ2v) is 6.80. The van der Waals surface area contributed by atoms with Gasteiger partial charge < -0.3 is 10.1 Å². The average Bonchev–Trinajstić information content (AvgIpc) is 3.01. The lowest BCUT2D eigenvalue weighted by molar-refractivity contribution is 0.0521. The van der Waals surface area contributed by atoms with Crippen molar-refractivity contribution >= 4 is 34.1 Å². The van der Waals surface area contributed by atoms with E-state index in [0.717, 1.165) is 17.2 Å². The first kappa shape index (κ1) is 14.7. The van der Waals surface area contributed by atoms with Crippen LogP contribution in [0.1, 0.15) is 43.6 Å². The van der Waals surface area contributed by atoms with E-state index in [0.29, 0.717) is 23.6 Å². The number of anilines is 1. The van der Waals surface area contributed by atoms with E-state index in [9.17, 15) is 4.79 Å². The van der Waals surface area contributed by atoms with Crippen molar-refractivity contribution in [1.29, 1.82) is 0 Å². The Morgan fingerprint density at radius 1 is 1.58 bits per heavy atom. The summed E-state index contributed by atoms with van der Waals surface area (Å²) in [6.07, 6.45) is 3.67. The SMILES string of the molecule is CCOC(=O)c1ncsc1NC1CCCC1SCC. The summed E-state index contributed by atoms with van der Waals surface area (Å²) in [5.74, 6) is 0.806. The van der Waals surface area contributed by atoms with Crippen molar-refractivity contribution in [1.82, 2.24) is 4.98 Å². The van der Waals surface area contributed by atoms with Gasteiger partial charge in [0.25, 0.3) is 0 Å². The van der Waals surface area contributed by atoms with E-state index in [2.05, 4.69) is 17.2 Å². The molecule has 0 spiro atoms. The zero-order valence-electron chi connectivity index (χ0n) is 11.3. The molecular weight excluding hydrogens is 280 g/mol. The fraction of sp³-hybridized carbons (Fsp3) is 0.692. The second kappa shape index (κ2) is 7.14. The highest BCUT2D eigenvalue weighted by Gasteiger charge is 2.29. The molecule has 0 amide bonds. The largest absolute Gasteiger partial charge is 0.461 e. The molecule has 2 rings (SSSR count). The lowest BCUT2D eigenvalue weighted by Gasteiger charge is -2.20. The molecule has 1 heterocycles. The maximum atomic E-state index is 11.8. The van der Waals surface area contributed by atoms with Crippen LogP contribution in [0.4, 0.5) is 5.00 Å². The molecular formula is C13H20N2O2S2. The maximum Gasteiger partial charge on any atom is 0.360 e. The molecule has 1 aliphatic rings. The zero-order valence-corrected chi connectivity index (χ0v) is 13.0. The van der Waals surface area contributed by atoms with E-state index in [1.807, 2.05) is 18.7 Å². The number of rotatable bonds is 6. The topological polar surface area (TPSA) is 51.2 Å². The molecule has 0 bridgehead atoms. The number of hydrogen-bond acceptors (Lipinski definition) is 6. The van der Waals surface area contributed by atoms with E-state index in [1.165, 1.54) is 24.2 Å². The van der Waals surface area contributed by atoms with Crippen molar-refractivity contribution in [3.8, 4) is 0 Å². The van der Waals surface area contributed by atoms with Crippen LogP contribution in [0, 0.1) is 0 Å². The standard InChI is InChI=1S/C13H20N2O2S2/c1-3-17-13(16)11-12(19-8-14-11)15-9-6-5-7-10(9)18-4-2/h8-10,15H,3-7H2,1-2H3. The van der Waals surface area contributed by atoms with E-state index < -0.39 is 0 Å². The van der Waals surface area contributed by atoms with Crippen LogP contribution in [0.2, 0.25) is 0 Å². The van der Waals surface area contributed by atoms with Gasteiger partial charge in [0.1, 0.15) is 5.00 Å². The van der Waals surface area contributed by atoms with Gasteiger partial charge in [-0.3, -0.25) is 0 Å². The molecule has 1 N–H and O–H groups in total. The molecule has 0 radical (unpaired) electrons. The molecule has 1 aromatic heterocycles. The fourth-order valence-corrected chi connectivity index (χ4v) is 4.30. The Kier molecular flexibility index (Phi) is 5.51. The highest BCUT2D eigenvalue weighted by Crippen LogP contribution is 2.33. The lowest BCUT2D eigenvalue weighted by atomic mass is 10.2. The summed E-state index contributed by atoms with van der Waals surface area (Å²) in [6.45, 7) is 4.38. The number of nitrogens with zero attached hydrogens (tertiary/aromatic N) is 1. The quantitative estimate of drug-likeness (QED) is 0.816. The average molecular weight is 300 g/mol. The molecule has 0 aliphatic heterocycles. The van der Waals surface area contributed by atoms with Crippen molar-refractivity contribution in [2.45, 2.75) is 44.4 Å². The molecule has 1 fully saturated rings. The number of esters is 1. The molecule has 2 unspecified atom stereocenters. The Hall–Kier alpha value is -0.750. The van der Waals surface area contributed by atoms with Crippen LogP contribution in [0.5, 0.6) is 0 Å². The van der Waals surface area contributed by atoms with Crippen LogP contribution >= 0.6 is 23.1 Å². The number of thioether (sulfide) groups is 1. The normalized spacial score (nSPS) is 22.4. The third-order valence-corrected chi connectivity index (χ3v) is 5.27. The Morgan fingerprint density at radius 2 is 2.42 bits per heavy atom. The molecule has 2 atom stereocenters. The molecule has 4 nitrogen and oxygen atoms in total. The van der Waals surface area contributed by atoms with Crippen molar-refractivity contribution < 1.29 is 9.53 Å². The molecule has 1 saturated carbocycles. The van der Waals surface area contributed by atoms with E-state index in [-0.39, 0.29) is 5.97 Å². The van der Waals surface area contributed by atoms with E-state index >= 15 is 0 Å². The van der Waals surface area contributed by atoms with Gasteiger partial charge in [-0.1, -0.05) is 13.3 Å². The Balaban J connectivity index is 2.03. The summed E-state index contributed by atoms with van der Waals surface area (Å²) in [5.41, 5.74) is 2.13. The zero-order chi connectivity index (χ0) is 13.7. The highest BCUT2D eigenvalue weighted by molar-refractivity contribution is 7.99. The van der Waals surface area contributed by atoms with Gasteiger partial charge in [-0.2, -0.15) is 11.8 Å². The number of carbonyl (C=O) groups excluding carboxylic acids is 1. The van der Waals surface area contributed by atoms with Crippen LogP contribution < -0.4 is 5.32 Å². The second-order valence-electron chi connectivity index (χ2n) is 4.43. The van der Waals surface area contributed by atoms with Gasteiger partial charge in [0.15, 0.2) is 5.69 Å². The van der Waals surface area contributed by atoms with Gasteiger partial charge >= 0.3 is 5.97 Å². The molecule has 1 aliphatic carbocycles. The van der Waals surface area contributed by atoms with E-state index in [4.69, 9.17) is 4.74 Å². The molecule has 19 heavy (non-hydrogen) atoms. The number of ether oxygens (including phenoxy) is 1. The van der Waals surface area contributed by atoms with Gasteiger partial charge in [0, 0.05) is 11.3 Å². The Morgan fingerprint density at radius 3 is 3.16 bits per heavy atom. The van der Waals surface area contributed by atoms with Crippen molar-refractivity contribution in [2.75, 3.05) is 17.7 Å². The number of aromatic nitrogens is 1. The summed E-state index contributed by atoms with van der Waals surface area (Å²) in [7, 11) is 0. The predicted octanol–water partition coefficient (Wildman–Crippen LogP) is 3.41. The number of thiazole rings is 1. The molecule has 6 heteroatoms. The van der Waals surface area contributed by atoms with Gasteiger partial charge in [-0.15, -0.1) is 11.3 Å². The summed E-state index contributed by atoms with van der Waals surface area (Å²) < 4.78 is 5.03. The first-order valence-corrected chi connectivity index (χ1v) is 8.67. The number of nitrogens with one attached hydrogen (secondary N) is 1. The van der Waals surface area contributed by atoms with Crippen molar-refractivity contribution in [2.24, 2.45) is 0 Å². The minimum Gasteiger partial charge on any atom is -0.461 e. The van der Waals surface area contributed by atoms with Crippen LogP contribution in [0.15, 0.2) is 5.51 Å². The monoisotopic (exact) mass is 300 g/mol. The summed E-state index contributed by atoms with van der Waals surface area (Å²) in [6, 6.07) is 0.443. The van der Waals surface area contributed by atoms with Crippen LogP contribution in [-0.2, 0) is 4.74 Å². The highest BCUT2D eigenvalue weighted by atomic mass is 32.2. The van der Waals surface area contributed by atoms with Gasteiger partial charge in [-0.25, -0.2) is 9.78 Å². The van der Waals surface area contributed by atoms with Crippen LogP contribution in [0.3, 0.4) is 0 Å². The minimum atomic E-state index is -0.330. The van der Waals surface area contributed by atoms with Gasteiger partial charge in [0.05, 0.1) is 12.1 Å². The van der Waals surface area contributed by atoms with E-state index in [1.54, 1.807) is 5.51 Å². The first-order valence-electron chi connectivity index (χ1n) is 6.75. The third kappa shape index (κ3) is 3.63. The summed E-state index contributed by atoms with van der Waals surface area (Å²) in [5, 5.41) is 4.99. The summed E-state index contributed by atoms with van der Waals surface area (Å²) in [4.78, 5) is 15.9. The van der Waals surface area contributed by atoms with Gasteiger partial charge in [0.2, 0.25) is 0 Å². The maximum absolute atomic E-state index is 11.8. The fourth-order valence-electron chi connectivity index (χ4n) is 2.37. The Bertz CT molecular complexity index is 423. The van der Waals surface area contributed by atoms with Crippen molar-refractivity contribution in [3.63, 3.8) is 0 Å². The molecule has 0 saturated heterocycles. The molecule has 106 valence electrons. The number of hydrogen-bond donors (Lipinski definition) is 1. The molecule has 1 aromatic rings. The minimum absolute atomic E-state index is 0.330. The van der Waals surface area contributed by atoms with Crippen molar-refractivity contribution in [3.05, 3.63) is 11.2 Å².